The van der Waals surface area contributed by atoms with E-state index < -0.39 is 0 Å². The third kappa shape index (κ3) is 3.45. The van der Waals surface area contributed by atoms with E-state index in [1.165, 1.54) is 0 Å². The summed E-state index contributed by atoms with van der Waals surface area (Å²) in [6, 6.07) is 6.13. The molecule has 2 atom stereocenters. The first-order valence-electron chi connectivity index (χ1n) is 6.26. The van der Waals surface area contributed by atoms with Crippen LogP contribution >= 0.6 is 0 Å². The van der Waals surface area contributed by atoms with E-state index in [-0.39, 0.29) is 18.3 Å². The van der Waals surface area contributed by atoms with Gasteiger partial charge in [0.15, 0.2) is 12.2 Å². The van der Waals surface area contributed by atoms with Crippen LogP contribution in [0.5, 0.6) is 0 Å². The van der Waals surface area contributed by atoms with Crippen molar-refractivity contribution in [3.8, 4) is 0 Å². The molecule has 1 fully saturated rings. The van der Waals surface area contributed by atoms with Crippen molar-refractivity contribution < 1.29 is 4.74 Å². The van der Waals surface area contributed by atoms with Crippen LogP contribution in [0.2, 0.25) is 0 Å². The minimum atomic E-state index is -0.201. The quantitative estimate of drug-likeness (QED) is 0.452. The van der Waals surface area contributed by atoms with Gasteiger partial charge in [0.25, 0.3) is 0 Å². The average molecular weight is 257 g/mol. The SMILES string of the molecule is C=c1c(CC2OC2N=C(N)N)ccc/c1=C/C=C\C. The molecular formula is C15H19N3O. The van der Waals surface area contributed by atoms with Crippen molar-refractivity contribution in [1.29, 1.82) is 0 Å². The van der Waals surface area contributed by atoms with Gasteiger partial charge >= 0.3 is 0 Å². The first-order valence-corrected chi connectivity index (χ1v) is 6.26. The maximum Gasteiger partial charge on any atom is 0.188 e. The number of ether oxygens (including phenoxy) is 1. The third-order valence-electron chi connectivity index (χ3n) is 3.03. The molecule has 4 heteroatoms. The number of benzene rings is 1. The highest BCUT2D eigenvalue weighted by Gasteiger charge is 2.38. The van der Waals surface area contributed by atoms with Crippen LogP contribution in [0.15, 0.2) is 35.3 Å². The highest BCUT2D eigenvalue weighted by molar-refractivity contribution is 5.76. The highest BCUT2D eigenvalue weighted by Crippen LogP contribution is 2.25. The number of epoxide rings is 1. The van der Waals surface area contributed by atoms with Crippen molar-refractivity contribution in [1.82, 2.24) is 0 Å². The lowest BCUT2D eigenvalue weighted by atomic mass is 10.1. The molecule has 0 aromatic heterocycles. The molecule has 0 radical (unpaired) electrons. The summed E-state index contributed by atoms with van der Waals surface area (Å²) in [5.74, 6) is 0.0671. The number of rotatable bonds is 4. The molecule has 1 aromatic rings. The van der Waals surface area contributed by atoms with Gasteiger partial charge < -0.3 is 16.2 Å². The molecule has 1 aliphatic rings. The predicted molar refractivity (Wildman–Crippen MR) is 78.7 cm³/mol. The molecule has 1 aromatic carbocycles. The largest absolute Gasteiger partial charge is 0.370 e. The second-order valence-electron chi connectivity index (χ2n) is 4.50. The van der Waals surface area contributed by atoms with E-state index in [2.05, 4.69) is 17.6 Å². The van der Waals surface area contributed by atoms with Gasteiger partial charge in [-0.2, -0.15) is 0 Å². The molecule has 0 saturated carbocycles. The lowest BCUT2D eigenvalue weighted by Crippen LogP contribution is -2.27. The molecule has 0 amide bonds. The third-order valence-corrected chi connectivity index (χ3v) is 3.03. The van der Waals surface area contributed by atoms with Crippen LogP contribution in [0.25, 0.3) is 12.7 Å². The van der Waals surface area contributed by atoms with Gasteiger partial charge in [-0.3, -0.25) is 0 Å². The van der Waals surface area contributed by atoms with Gasteiger partial charge in [0, 0.05) is 6.42 Å². The normalized spacial score (nSPS) is 22.7. The Bertz CT molecular complexity index is 615. The fourth-order valence-corrected chi connectivity index (χ4v) is 1.96. The maximum atomic E-state index is 5.41. The molecule has 4 N–H and O–H groups in total. The minimum Gasteiger partial charge on any atom is -0.370 e. The second kappa shape index (κ2) is 5.71. The standard InChI is InChI=1S/C15H19N3O/c1-3-4-6-11-7-5-8-12(10(11)2)9-13-14(19-13)18-15(16)17/h3-8,13-14H,2,9H2,1H3,(H4,16,17,18)/b4-3-,11-6-. The van der Waals surface area contributed by atoms with Gasteiger partial charge in [-0.25, -0.2) is 4.99 Å². The molecule has 2 unspecified atom stereocenters. The fourth-order valence-electron chi connectivity index (χ4n) is 1.96. The van der Waals surface area contributed by atoms with E-state index in [0.717, 1.165) is 22.4 Å². The zero-order chi connectivity index (χ0) is 13.8. The van der Waals surface area contributed by atoms with Gasteiger partial charge in [0.1, 0.15) is 6.10 Å². The molecular weight excluding hydrogens is 238 g/mol. The summed E-state index contributed by atoms with van der Waals surface area (Å²) in [4.78, 5) is 3.98. The zero-order valence-electron chi connectivity index (χ0n) is 11.0. The number of aliphatic imine (C=N–C) groups is 1. The molecule has 0 aliphatic carbocycles. The Morgan fingerprint density at radius 3 is 2.95 bits per heavy atom. The van der Waals surface area contributed by atoms with Gasteiger partial charge in [0.05, 0.1) is 0 Å². The molecule has 4 nitrogen and oxygen atoms in total. The van der Waals surface area contributed by atoms with Crippen LogP contribution in [0.1, 0.15) is 12.5 Å². The van der Waals surface area contributed by atoms with Gasteiger partial charge in [-0.05, 0) is 22.9 Å². The maximum absolute atomic E-state index is 5.41. The van der Waals surface area contributed by atoms with E-state index in [4.69, 9.17) is 16.2 Å². The first-order chi connectivity index (χ1) is 9.11. The minimum absolute atomic E-state index is 0.0552. The van der Waals surface area contributed by atoms with E-state index in [0.29, 0.717) is 0 Å². The predicted octanol–water partition coefficient (Wildman–Crippen LogP) is -0.00570. The number of hydrogen-bond donors (Lipinski definition) is 2. The molecule has 100 valence electrons. The van der Waals surface area contributed by atoms with Crippen LogP contribution < -0.4 is 21.9 Å². The smallest absolute Gasteiger partial charge is 0.188 e. The molecule has 0 bridgehead atoms. The summed E-state index contributed by atoms with van der Waals surface area (Å²) in [6.07, 6.45) is 6.67. The Balaban J connectivity index is 2.15. The first kappa shape index (κ1) is 13.4. The molecule has 1 heterocycles. The van der Waals surface area contributed by atoms with E-state index in [1.807, 2.05) is 37.3 Å². The summed E-state index contributed by atoms with van der Waals surface area (Å²) in [5, 5.41) is 2.15. The molecule has 1 saturated heterocycles. The van der Waals surface area contributed by atoms with Gasteiger partial charge in [-0.15, -0.1) is 0 Å². The fraction of sp³-hybridized carbons (Fsp3) is 0.267. The molecule has 1 aliphatic heterocycles. The molecule has 2 rings (SSSR count). The summed E-state index contributed by atoms with van der Waals surface area (Å²) < 4.78 is 5.41. The Morgan fingerprint density at radius 1 is 1.47 bits per heavy atom. The van der Waals surface area contributed by atoms with Gasteiger partial charge in [-0.1, -0.05) is 43.0 Å². The van der Waals surface area contributed by atoms with E-state index in [9.17, 15) is 0 Å². The summed E-state index contributed by atoms with van der Waals surface area (Å²) in [6.45, 7) is 6.12. The Hall–Kier alpha value is -2.07. The Kier molecular flexibility index (Phi) is 4.02. The van der Waals surface area contributed by atoms with E-state index in [1.54, 1.807) is 0 Å². The van der Waals surface area contributed by atoms with Gasteiger partial charge in [0.2, 0.25) is 0 Å². The van der Waals surface area contributed by atoms with Crippen LogP contribution in [-0.4, -0.2) is 18.3 Å². The lowest BCUT2D eigenvalue weighted by molar-refractivity contribution is 0.373. The Labute approximate surface area is 112 Å². The van der Waals surface area contributed by atoms with Crippen LogP contribution in [0, 0.1) is 0 Å². The van der Waals surface area contributed by atoms with Crippen molar-refractivity contribution in [2.75, 3.05) is 0 Å². The number of nitrogens with zero attached hydrogens (tertiary/aromatic N) is 1. The lowest BCUT2D eigenvalue weighted by Gasteiger charge is -1.99. The second-order valence-corrected chi connectivity index (χ2v) is 4.50. The summed E-state index contributed by atoms with van der Waals surface area (Å²) >= 11 is 0. The summed E-state index contributed by atoms with van der Waals surface area (Å²) in [7, 11) is 0. The van der Waals surface area contributed by atoms with Crippen molar-refractivity contribution in [3.05, 3.63) is 46.4 Å². The number of guanidine groups is 1. The van der Waals surface area contributed by atoms with Crippen molar-refractivity contribution in [2.24, 2.45) is 16.5 Å². The average Bonchev–Trinajstić information content (AvgIpc) is 3.07. The highest BCUT2D eigenvalue weighted by atomic mass is 16.6. The van der Waals surface area contributed by atoms with Crippen molar-refractivity contribution >= 4 is 18.6 Å². The van der Waals surface area contributed by atoms with Crippen LogP contribution in [0.3, 0.4) is 0 Å². The topological polar surface area (TPSA) is 76.9 Å². The monoisotopic (exact) mass is 257 g/mol. The molecule has 19 heavy (non-hydrogen) atoms. The zero-order valence-corrected chi connectivity index (χ0v) is 11.0. The van der Waals surface area contributed by atoms with E-state index >= 15 is 0 Å². The summed E-state index contributed by atoms with van der Waals surface area (Å²) in [5.41, 5.74) is 11.8. The molecule has 0 spiro atoms. The Morgan fingerprint density at radius 2 is 2.26 bits per heavy atom. The van der Waals surface area contributed by atoms with Crippen molar-refractivity contribution in [3.63, 3.8) is 0 Å². The number of nitrogens with two attached hydrogens (primary N) is 2. The van der Waals surface area contributed by atoms with Crippen molar-refractivity contribution in [2.45, 2.75) is 25.7 Å². The number of allylic oxidation sites excluding steroid dienone is 2. The van der Waals surface area contributed by atoms with Crippen LogP contribution in [-0.2, 0) is 11.2 Å². The van der Waals surface area contributed by atoms with Crippen LogP contribution in [0.4, 0.5) is 0 Å². The number of hydrogen-bond acceptors (Lipinski definition) is 2.